The van der Waals surface area contributed by atoms with Crippen molar-refractivity contribution in [3.8, 4) is 0 Å². The maximum atomic E-state index is 11.4. The molecule has 1 heterocycles. The van der Waals surface area contributed by atoms with E-state index in [9.17, 15) is 9.59 Å². The van der Waals surface area contributed by atoms with Crippen LogP contribution in [-0.2, 0) is 14.3 Å². The quantitative estimate of drug-likeness (QED) is 0.495. The Bertz CT molecular complexity index is 296. The molecule has 1 fully saturated rings. The molecule has 0 aromatic heterocycles. The first kappa shape index (κ1) is 10.5. The monoisotopic (exact) mass is 195 g/mol. The second kappa shape index (κ2) is 4.09. The van der Waals surface area contributed by atoms with Gasteiger partial charge in [0.2, 0.25) is 0 Å². The molecular weight excluding hydrogens is 182 g/mol. The predicted molar refractivity (Wildman–Crippen MR) is 51.2 cm³/mol. The third-order valence-electron chi connectivity index (χ3n) is 2.01. The van der Waals surface area contributed by atoms with E-state index in [0.717, 1.165) is 0 Å². The third kappa shape index (κ3) is 2.02. The Kier molecular flexibility index (Phi) is 3.06. The smallest absolute Gasteiger partial charge is 0.333 e. The van der Waals surface area contributed by atoms with Crippen molar-refractivity contribution in [1.29, 1.82) is 0 Å². The lowest BCUT2D eigenvalue weighted by molar-refractivity contribution is -0.152. The van der Waals surface area contributed by atoms with Crippen molar-refractivity contribution >= 4 is 11.9 Å². The lowest BCUT2D eigenvalue weighted by atomic mass is 10.3. The summed E-state index contributed by atoms with van der Waals surface area (Å²) in [6.45, 7) is 9.03. The van der Waals surface area contributed by atoms with E-state index in [1.165, 1.54) is 11.1 Å². The molecule has 76 valence electrons. The van der Waals surface area contributed by atoms with Gasteiger partial charge in [0.15, 0.2) is 6.10 Å². The van der Waals surface area contributed by atoms with Crippen molar-refractivity contribution in [3.05, 3.63) is 24.9 Å². The number of rotatable bonds is 3. The van der Waals surface area contributed by atoms with Crippen LogP contribution in [0.1, 0.15) is 13.3 Å². The number of esters is 1. The number of amides is 1. The van der Waals surface area contributed by atoms with Gasteiger partial charge in [-0.2, -0.15) is 0 Å². The topological polar surface area (TPSA) is 46.6 Å². The number of ether oxygens (including phenoxy) is 1. The Labute approximate surface area is 82.8 Å². The molecule has 0 aromatic carbocycles. The van der Waals surface area contributed by atoms with Crippen LogP contribution in [0.4, 0.5) is 0 Å². The normalized spacial score (nSPS) is 20.8. The molecule has 14 heavy (non-hydrogen) atoms. The number of carbonyl (C=O) groups excluding carboxylic acids is 2. The van der Waals surface area contributed by atoms with E-state index >= 15 is 0 Å². The largest absolute Gasteiger partial charge is 0.449 e. The Morgan fingerprint density at radius 3 is 2.79 bits per heavy atom. The minimum atomic E-state index is -0.669. The summed E-state index contributed by atoms with van der Waals surface area (Å²) in [6, 6.07) is 0. The highest BCUT2D eigenvalue weighted by Gasteiger charge is 2.33. The molecule has 0 bridgehead atoms. The van der Waals surface area contributed by atoms with Gasteiger partial charge in [-0.15, -0.1) is 0 Å². The van der Waals surface area contributed by atoms with Gasteiger partial charge in [0.1, 0.15) is 0 Å². The van der Waals surface area contributed by atoms with Gasteiger partial charge >= 0.3 is 5.97 Å². The first-order valence-electron chi connectivity index (χ1n) is 4.35. The third-order valence-corrected chi connectivity index (χ3v) is 2.01. The number of hydrogen-bond donors (Lipinski definition) is 0. The van der Waals surface area contributed by atoms with Crippen molar-refractivity contribution in [2.45, 2.75) is 19.4 Å². The molecule has 1 unspecified atom stereocenters. The molecule has 0 saturated carbocycles. The van der Waals surface area contributed by atoms with Crippen molar-refractivity contribution in [2.24, 2.45) is 0 Å². The SMILES string of the molecule is C=CN1CCC(OC(=O)C(=C)C)C1=O. The molecular formula is C10H13NO3. The molecule has 0 aliphatic carbocycles. The lowest BCUT2D eigenvalue weighted by Crippen LogP contribution is -2.28. The lowest BCUT2D eigenvalue weighted by Gasteiger charge is -2.11. The number of hydrogen-bond acceptors (Lipinski definition) is 3. The Balaban J connectivity index is 2.56. The van der Waals surface area contributed by atoms with E-state index in [-0.39, 0.29) is 5.91 Å². The van der Waals surface area contributed by atoms with Crippen LogP contribution >= 0.6 is 0 Å². The molecule has 4 nitrogen and oxygen atoms in total. The Morgan fingerprint density at radius 2 is 2.36 bits per heavy atom. The van der Waals surface area contributed by atoms with Gasteiger partial charge in [-0.1, -0.05) is 13.2 Å². The molecule has 0 radical (unpaired) electrons. The van der Waals surface area contributed by atoms with E-state index in [2.05, 4.69) is 13.2 Å². The Morgan fingerprint density at radius 1 is 1.71 bits per heavy atom. The summed E-state index contributed by atoms with van der Waals surface area (Å²) in [7, 11) is 0. The van der Waals surface area contributed by atoms with Crippen LogP contribution in [0, 0.1) is 0 Å². The fourth-order valence-corrected chi connectivity index (χ4v) is 1.20. The Hall–Kier alpha value is -1.58. The summed E-state index contributed by atoms with van der Waals surface area (Å²) in [5.41, 5.74) is 0.301. The van der Waals surface area contributed by atoms with Crippen LogP contribution in [0.25, 0.3) is 0 Å². The maximum Gasteiger partial charge on any atom is 0.333 e. The highest BCUT2D eigenvalue weighted by Crippen LogP contribution is 2.15. The zero-order valence-electron chi connectivity index (χ0n) is 8.16. The van der Waals surface area contributed by atoms with Gasteiger partial charge in [0, 0.05) is 18.5 Å². The van der Waals surface area contributed by atoms with Crippen molar-refractivity contribution in [1.82, 2.24) is 4.90 Å². The highest BCUT2D eigenvalue weighted by atomic mass is 16.5. The molecule has 1 amide bonds. The minimum Gasteiger partial charge on any atom is -0.449 e. The molecule has 1 rings (SSSR count). The van der Waals surface area contributed by atoms with Crippen LogP contribution in [0.2, 0.25) is 0 Å². The summed E-state index contributed by atoms with van der Waals surface area (Å²) in [4.78, 5) is 24.0. The molecule has 1 aliphatic rings. The molecule has 0 aromatic rings. The molecule has 1 aliphatic heterocycles. The summed E-state index contributed by atoms with van der Waals surface area (Å²) in [6.07, 6.45) is 1.29. The van der Waals surface area contributed by atoms with Crippen LogP contribution in [0.3, 0.4) is 0 Å². The van der Waals surface area contributed by atoms with Crippen molar-refractivity contribution in [3.63, 3.8) is 0 Å². The maximum absolute atomic E-state index is 11.4. The summed E-state index contributed by atoms with van der Waals surface area (Å²) < 4.78 is 4.94. The van der Waals surface area contributed by atoms with Crippen molar-refractivity contribution < 1.29 is 14.3 Å². The van der Waals surface area contributed by atoms with Gasteiger partial charge in [-0.05, 0) is 13.1 Å². The first-order valence-corrected chi connectivity index (χ1v) is 4.35. The van der Waals surface area contributed by atoms with Crippen LogP contribution < -0.4 is 0 Å². The predicted octanol–water partition coefficient (Wildman–Crippen LogP) is 0.850. The standard InChI is InChI=1S/C10H13NO3/c1-4-11-6-5-8(9(11)12)14-10(13)7(2)3/h4,8H,1-2,5-6H2,3H3. The number of nitrogens with zero attached hydrogens (tertiary/aromatic N) is 1. The molecule has 4 heteroatoms. The summed E-state index contributed by atoms with van der Waals surface area (Å²) in [5, 5.41) is 0. The average Bonchev–Trinajstić information content (AvgIpc) is 2.47. The number of likely N-dealkylation sites (tertiary alicyclic amines) is 1. The zero-order chi connectivity index (χ0) is 10.7. The molecule has 0 N–H and O–H groups in total. The molecule has 1 saturated heterocycles. The summed E-state index contributed by atoms with van der Waals surface area (Å²) >= 11 is 0. The van der Waals surface area contributed by atoms with Crippen molar-refractivity contribution in [2.75, 3.05) is 6.54 Å². The average molecular weight is 195 g/mol. The van der Waals surface area contributed by atoms with E-state index in [1.54, 1.807) is 6.92 Å². The van der Waals surface area contributed by atoms with Crippen LogP contribution in [0.15, 0.2) is 24.9 Å². The molecule has 0 spiro atoms. The fraction of sp³-hybridized carbons (Fsp3) is 0.400. The minimum absolute atomic E-state index is 0.213. The van der Waals surface area contributed by atoms with E-state index in [0.29, 0.717) is 18.5 Å². The van der Waals surface area contributed by atoms with Gasteiger partial charge in [0.25, 0.3) is 5.91 Å². The second-order valence-electron chi connectivity index (χ2n) is 3.18. The van der Waals surface area contributed by atoms with E-state index < -0.39 is 12.1 Å². The van der Waals surface area contributed by atoms with Gasteiger partial charge in [-0.3, -0.25) is 4.79 Å². The number of carbonyl (C=O) groups is 2. The van der Waals surface area contributed by atoms with Gasteiger partial charge < -0.3 is 9.64 Å². The fourth-order valence-electron chi connectivity index (χ4n) is 1.20. The van der Waals surface area contributed by atoms with Gasteiger partial charge in [-0.25, -0.2) is 4.79 Å². The second-order valence-corrected chi connectivity index (χ2v) is 3.18. The first-order chi connectivity index (χ1) is 6.56. The zero-order valence-corrected chi connectivity index (χ0v) is 8.16. The summed E-state index contributed by atoms with van der Waals surface area (Å²) in [5.74, 6) is -0.733. The van der Waals surface area contributed by atoms with Crippen LogP contribution in [0.5, 0.6) is 0 Å². The molecule has 1 atom stereocenters. The highest BCUT2D eigenvalue weighted by molar-refractivity contribution is 5.91. The van der Waals surface area contributed by atoms with Crippen LogP contribution in [-0.4, -0.2) is 29.4 Å². The van der Waals surface area contributed by atoms with E-state index in [4.69, 9.17) is 4.74 Å². The van der Waals surface area contributed by atoms with E-state index in [1.807, 2.05) is 0 Å². The van der Waals surface area contributed by atoms with Gasteiger partial charge in [0.05, 0.1) is 0 Å².